The molecule has 22 heavy (non-hydrogen) atoms. The van der Waals surface area contributed by atoms with Crippen LogP contribution in [0, 0.1) is 6.92 Å². The van der Waals surface area contributed by atoms with Crippen molar-refractivity contribution in [2.75, 3.05) is 36.4 Å². The summed E-state index contributed by atoms with van der Waals surface area (Å²) in [7, 11) is 0. The minimum atomic E-state index is 0.730. The number of rotatable bonds is 4. The van der Waals surface area contributed by atoms with Gasteiger partial charge in [0.15, 0.2) is 0 Å². The first-order valence-electron chi connectivity index (χ1n) is 7.34. The Morgan fingerprint density at radius 1 is 1.14 bits per heavy atom. The van der Waals surface area contributed by atoms with Gasteiger partial charge in [-0.15, -0.1) is 0 Å². The van der Waals surface area contributed by atoms with Crippen LogP contribution in [0.2, 0.25) is 0 Å². The SMILES string of the molecule is Cc1cccc(Nc2cc(N3CCN(C=O)CC3)ncn2)c1. The lowest BCUT2D eigenvalue weighted by molar-refractivity contribution is -0.118. The van der Waals surface area contributed by atoms with Crippen molar-refractivity contribution >= 4 is 23.7 Å². The fourth-order valence-corrected chi connectivity index (χ4v) is 2.52. The molecule has 0 saturated carbocycles. The van der Waals surface area contributed by atoms with Crippen molar-refractivity contribution in [3.05, 3.63) is 42.2 Å². The Bertz CT molecular complexity index is 652. The van der Waals surface area contributed by atoms with Gasteiger partial charge in [0.2, 0.25) is 6.41 Å². The second-order valence-electron chi connectivity index (χ2n) is 5.38. The number of hydrogen-bond acceptors (Lipinski definition) is 5. The highest BCUT2D eigenvalue weighted by Crippen LogP contribution is 2.20. The van der Waals surface area contributed by atoms with Gasteiger partial charge in [-0.3, -0.25) is 4.79 Å². The average Bonchev–Trinajstić information content (AvgIpc) is 2.55. The standard InChI is InChI=1S/C16H19N5O/c1-13-3-2-4-14(9-13)19-15-10-16(18-11-17-15)21-7-5-20(12-22)6-8-21/h2-4,9-12H,5-8H2,1H3,(H,17,18,19). The molecule has 1 aromatic heterocycles. The number of anilines is 3. The Morgan fingerprint density at radius 3 is 2.68 bits per heavy atom. The number of aromatic nitrogens is 2. The first-order valence-corrected chi connectivity index (χ1v) is 7.34. The fourth-order valence-electron chi connectivity index (χ4n) is 2.52. The summed E-state index contributed by atoms with van der Waals surface area (Å²) in [5.41, 5.74) is 2.21. The predicted molar refractivity (Wildman–Crippen MR) is 86.3 cm³/mol. The van der Waals surface area contributed by atoms with E-state index in [0.717, 1.165) is 49.9 Å². The molecule has 2 heterocycles. The minimum Gasteiger partial charge on any atom is -0.353 e. The Labute approximate surface area is 129 Å². The van der Waals surface area contributed by atoms with Gasteiger partial charge in [-0.1, -0.05) is 12.1 Å². The van der Waals surface area contributed by atoms with Gasteiger partial charge in [0.05, 0.1) is 0 Å². The molecule has 1 N–H and O–H groups in total. The third-order valence-corrected chi connectivity index (χ3v) is 3.73. The van der Waals surface area contributed by atoms with E-state index in [1.165, 1.54) is 5.56 Å². The minimum absolute atomic E-state index is 0.730. The Hall–Kier alpha value is -2.63. The third kappa shape index (κ3) is 3.33. The number of hydrogen-bond donors (Lipinski definition) is 1. The van der Waals surface area contributed by atoms with Crippen molar-refractivity contribution in [2.45, 2.75) is 6.92 Å². The first kappa shape index (κ1) is 14.3. The largest absolute Gasteiger partial charge is 0.353 e. The summed E-state index contributed by atoms with van der Waals surface area (Å²) in [6.07, 6.45) is 2.47. The molecule has 1 aliphatic rings. The number of nitrogens with zero attached hydrogens (tertiary/aromatic N) is 4. The van der Waals surface area contributed by atoms with Crippen molar-refractivity contribution in [3.63, 3.8) is 0 Å². The van der Waals surface area contributed by atoms with Crippen molar-refractivity contribution in [2.24, 2.45) is 0 Å². The number of aryl methyl sites for hydroxylation is 1. The molecule has 0 aliphatic carbocycles. The van der Waals surface area contributed by atoms with Crippen LogP contribution in [0.3, 0.4) is 0 Å². The number of piperazine rings is 1. The molecular weight excluding hydrogens is 278 g/mol. The summed E-state index contributed by atoms with van der Waals surface area (Å²) >= 11 is 0. The van der Waals surface area contributed by atoms with Gasteiger partial charge in [-0.25, -0.2) is 9.97 Å². The molecule has 0 unspecified atom stereocenters. The highest BCUT2D eigenvalue weighted by molar-refractivity contribution is 5.60. The third-order valence-electron chi connectivity index (χ3n) is 3.73. The Morgan fingerprint density at radius 2 is 1.95 bits per heavy atom. The molecule has 1 saturated heterocycles. The van der Waals surface area contributed by atoms with Gasteiger partial charge >= 0.3 is 0 Å². The molecule has 1 aromatic carbocycles. The van der Waals surface area contributed by atoms with Crippen molar-refractivity contribution in [3.8, 4) is 0 Å². The molecule has 3 rings (SSSR count). The van der Waals surface area contributed by atoms with Crippen molar-refractivity contribution in [1.29, 1.82) is 0 Å². The van der Waals surface area contributed by atoms with Gasteiger partial charge in [0.25, 0.3) is 0 Å². The summed E-state index contributed by atoms with van der Waals surface area (Å²) in [6.45, 7) is 5.10. The highest BCUT2D eigenvalue weighted by Gasteiger charge is 2.17. The van der Waals surface area contributed by atoms with Crippen molar-refractivity contribution in [1.82, 2.24) is 14.9 Å². The molecule has 1 amide bonds. The van der Waals surface area contributed by atoms with Crippen LogP contribution in [0.1, 0.15) is 5.56 Å². The van der Waals surface area contributed by atoms with Crippen molar-refractivity contribution < 1.29 is 4.79 Å². The van der Waals surface area contributed by atoms with E-state index in [2.05, 4.69) is 39.2 Å². The topological polar surface area (TPSA) is 61.4 Å². The van der Waals surface area contributed by atoms with Gasteiger partial charge in [0, 0.05) is 37.9 Å². The molecule has 1 fully saturated rings. The van der Waals surface area contributed by atoms with Crippen LogP contribution >= 0.6 is 0 Å². The molecule has 1 aliphatic heterocycles. The predicted octanol–water partition coefficient (Wildman–Crippen LogP) is 1.81. The summed E-state index contributed by atoms with van der Waals surface area (Å²) < 4.78 is 0. The second-order valence-corrected chi connectivity index (χ2v) is 5.38. The molecule has 6 heteroatoms. The van der Waals surface area contributed by atoms with E-state index in [9.17, 15) is 4.79 Å². The van der Waals surface area contributed by atoms with E-state index in [4.69, 9.17) is 0 Å². The second kappa shape index (κ2) is 6.43. The van der Waals surface area contributed by atoms with E-state index < -0.39 is 0 Å². The van der Waals surface area contributed by atoms with Gasteiger partial charge in [-0.2, -0.15) is 0 Å². The number of carbonyl (C=O) groups is 1. The molecule has 6 nitrogen and oxygen atoms in total. The maximum atomic E-state index is 10.8. The lowest BCUT2D eigenvalue weighted by atomic mass is 10.2. The van der Waals surface area contributed by atoms with E-state index in [1.807, 2.05) is 18.2 Å². The van der Waals surface area contributed by atoms with Gasteiger partial charge in [0.1, 0.15) is 18.0 Å². The number of benzene rings is 1. The zero-order chi connectivity index (χ0) is 15.4. The maximum absolute atomic E-state index is 10.8. The van der Waals surface area contributed by atoms with E-state index in [-0.39, 0.29) is 0 Å². The zero-order valence-corrected chi connectivity index (χ0v) is 12.6. The van der Waals surface area contributed by atoms with Gasteiger partial charge < -0.3 is 15.1 Å². The Kier molecular flexibility index (Phi) is 4.18. The van der Waals surface area contributed by atoms with E-state index >= 15 is 0 Å². The summed E-state index contributed by atoms with van der Waals surface area (Å²) in [5, 5.41) is 3.30. The summed E-state index contributed by atoms with van der Waals surface area (Å²) in [6, 6.07) is 10.1. The van der Waals surface area contributed by atoms with E-state index in [0.29, 0.717) is 0 Å². The maximum Gasteiger partial charge on any atom is 0.209 e. The summed E-state index contributed by atoms with van der Waals surface area (Å²) in [4.78, 5) is 23.3. The van der Waals surface area contributed by atoms with Crippen LogP contribution < -0.4 is 10.2 Å². The van der Waals surface area contributed by atoms with Crippen LogP contribution in [-0.4, -0.2) is 47.5 Å². The van der Waals surface area contributed by atoms with E-state index in [1.54, 1.807) is 11.2 Å². The average molecular weight is 297 g/mol. The lowest BCUT2D eigenvalue weighted by Gasteiger charge is -2.33. The molecule has 2 aromatic rings. The van der Waals surface area contributed by atoms with Crippen LogP contribution in [0.15, 0.2) is 36.7 Å². The lowest BCUT2D eigenvalue weighted by Crippen LogP contribution is -2.46. The first-order chi connectivity index (χ1) is 10.7. The van der Waals surface area contributed by atoms with Crippen LogP contribution in [-0.2, 0) is 4.79 Å². The molecule has 0 radical (unpaired) electrons. The van der Waals surface area contributed by atoms with Crippen LogP contribution in [0.4, 0.5) is 17.3 Å². The number of amides is 1. The number of nitrogens with one attached hydrogen (secondary N) is 1. The zero-order valence-electron chi connectivity index (χ0n) is 12.6. The van der Waals surface area contributed by atoms with Gasteiger partial charge in [-0.05, 0) is 24.6 Å². The molecule has 0 spiro atoms. The molecule has 0 bridgehead atoms. The highest BCUT2D eigenvalue weighted by atomic mass is 16.1. The van der Waals surface area contributed by atoms with Crippen LogP contribution in [0.5, 0.6) is 0 Å². The quantitative estimate of drug-likeness (QED) is 0.872. The molecule has 114 valence electrons. The monoisotopic (exact) mass is 297 g/mol. The Balaban J connectivity index is 1.71. The normalized spacial score (nSPS) is 14.8. The summed E-state index contributed by atoms with van der Waals surface area (Å²) in [5.74, 6) is 1.66. The van der Waals surface area contributed by atoms with Crippen LogP contribution in [0.25, 0.3) is 0 Å². The smallest absolute Gasteiger partial charge is 0.209 e. The number of carbonyl (C=O) groups excluding carboxylic acids is 1. The molecular formula is C16H19N5O. The fraction of sp³-hybridized carbons (Fsp3) is 0.312. The molecule has 0 atom stereocenters.